The van der Waals surface area contributed by atoms with Gasteiger partial charge in [-0.25, -0.2) is 0 Å². The Balaban J connectivity index is 2.02. The molecule has 5 unspecified atom stereocenters. The third-order valence-corrected chi connectivity index (χ3v) is 5.49. The first kappa shape index (κ1) is 14.3. The number of nitrogens with zero attached hydrogens (tertiary/aromatic N) is 1. The highest BCUT2D eigenvalue weighted by atomic mass is 16.3. The molecule has 106 valence electrons. The first-order chi connectivity index (χ1) is 8.29. The summed E-state index contributed by atoms with van der Waals surface area (Å²) >= 11 is 0. The summed E-state index contributed by atoms with van der Waals surface area (Å²) in [5.41, 5.74) is 0.384. The summed E-state index contributed by atoms with van der Waals surface area (Å²) in [5.74, 6) is 2.33. The van der Waals surface area contributed by atoms with Gasteiger partial charge in [0.15, 0.2) is 0 Å². The van der Waals surface area contributed by atoms with Crippen molar-refractivity contribution in [3.8, 4) is 0 Å². The molecule has 0 radical (unpaired) electrons. The molecule has 2 aliphatic rings. The van der Waals surface area contributed by atoms with E-state index in [1.54, 1.807) is 0 Å². The van der Waals surface area contributed by atoms with Crippen molar-refractivity contribution >= 4 is 0 Å². The lowest BCUT2D eigenvalue weighted by molar-refractivity contribution is -0.0103. The van der Waals surface area contributed by atoms with Gasteiger partial charge in [-0.3, -0.25) is 4.90 Å². The molecular formula is C16H31NO. The second-order valence-electron chi connectivity index (χ2n) is 7.92. The predicted octanol–water partition coefficient (Wildman–Crippen LogP) is 3.15. The fourth-order valence-corrected chi connectivity index (χ4v) is 3.75. The molecule has 2 fully saturated rings. The fourth-order valence-electron chi connectivity index (χ4n) is 3.75. The highest BCUT2D eigenvalue weighted by molar-refractivity contribution is 4.93. The van der Waals surface area contributed by atoms with Crippen molar-refractivity contribution in [2.75, 3.05) is 13.1 Å². The van der Waals surface area contributed by atoms with Crippen molar-refractivity contribution in [3.05, 3.63) is 0 Å². The number of likely N-dealkylation sites (tertiary alicyclic amines) is 1. The van der Waals surface area contributed by atoms with Gasteiger partial charge in [-0.15, -0.1) is 0 Å². The van der Waals surface area contributed by atoms with Crippen LogP contribution in [0.15, 0.2) is 0 Å². The molecule has 1 heterocycles. The number of rotatable bonds is 1. The van der Waals surface area contributed by atoms with Gasteiger partial charge in [-0.1, -0.05) is 34.6 Å². The van der Waals surface area contributed by atoms with Crippen molar-refractivity contribution in [1.82, 2.24) is 4.90 Å². The number of aliphatic hydroxyl groups is 1. The van der Waals surface area contributed by atoms with Gasteiger partial charge in [0.2, 0.25) is 0 Å². The van der Waals surface area contributed by atoms with Gasteiger partial charge < -0.3 is 5.11 Å². The molecule has 0 aromatic rings. The zero-order chi connectivity index (χ0) is 13.5. The summed E-state index contributed by atoms with van der Waals surface area (Å²) in [4.78, 5) is 2.57. The molecule has 1 saturated heterocycles. The first-order valence-corrected chi connectivity index (χ1v) is 7.71. The SMILES string of the molecule is CC1CN(C2CC(C(C)(C)C)CCC2O)CC1C. The van der Waals surface area contributed by atoms with E-state index in [1.807, 2.05) is 0 Å². The topological polar surface area (TPSA) is 23.5 Å². The van der Waals surface area contributed by atoms with Gasteiger partial charge in [0.1, 0.15) is 0 Å². The molecule has 0 spiro atoms. The molecule has 2 heteroatoms. The normalized spacial score (nSPS) is 43.3. The molecule has 0 aromatic heterocycles. The minimum Gasteiger partial charge on any atom is -0.391 e. The van der Waals surface area contributed by atoms with E-state index in [4.69, 9.17) is 0 Å². The molecule has 2 rings (SSSR count). The van der Waals surface area contributed by atoms with Crippen molar-refractivity contribution in [3.63, 3.8) is 0 Å². The zero-order valence-electron chi connectivity index (χ0n) is 12.8. The van der Waals surface area contributed by atoms with Crippen molar-refractivity contribution < 1.29 is 5.11 Å². The maximum atomic E-state index is 10.3. The van der Waals surface area contributed by atoms with E-state index in [2.05, 4.69) is 39.5 Å². The lowest BCUT2D eigenvalue weighted by Crippen LogP contribution is -2.48. The molecule has 18 heavy (non-hydrogen) atoms. The van der Waals surface area contributed by atoms with Gasteiger partial charge >= 0.3 is 0 Å². The molecule has 0 aromatic carbocycles. The van der Waals surface area contributed by atoms with E-state index in [-0.39, 0.29) is 6.10 Å². The Bertz CT molecular complexity index is 273. The molecule has 1 saturated carbocycles. The van der Waals surface area contributed by atoms with Gasteiger partial charge in [0.25, 0.3) is 0 Å². The van der Waals surface area contributed by atoms with E-state index >= 15 is 0 Å². The van der Waals surface area contributed by atoms with Gasteiger partial charge in [0.05, 0.1) is 6.10 Å². The van der Waals surface area contributed by atoms with Crippen LogP contribution in [0.1, 0.15) is 53.9 Å². The van der Waals surface area contributed by atoms with Crippen LogP contribution in [-0.2, 0) is 0 Å². The van der Waals surface area contributed by atoms with Crippen LogP contribution < -0.4 is 0 Å². The summed E-state index contributed by atoms with van der Waals surface area (Å²) in [6, 6.07) is 0.412. The minimum absolute atomic E-state index is 0.0962. The Kier molecular flexibility index (Phi) is 4.08. The van der Waals surface area contributed by atoms with E-state index in [0.29, 0.717) is 11.5 Å². The quantitative estimate of drug-likeness (QED) is 0.776. The van der Waals surface area contributed by atoms with Crippen LogP contribution in [-0.4, -0.2) is 35.2 Å². The third kappa shape index (κ3) is 2.91. The molecule has 1 N–H and O–H groups in total. The highest BCUT2D eigenvalue weighted by Crippen LogP contribution is 2.40. The van der Waals surface area contributed by atoms with Crippen molar-refractivity contribution in [2.24, 2.45) is 23.2 Å². The van der Waals surface area contributed by atoms with Crippen LogP contribution in [0.25, 0.3) is 0 Å². The summed E-state index contributed by atoms with van der Waals surface area (Å²) < 4.78 is 0. The predicted molar refractivity (Wildman–Crippen MR) is 76.5 cm³/mol. The summed E-state index contributed by atoms with van der Waals surface area (Å²) in [6.45, 7) is 14.1. The van der Waals surface area contributed by atoms with Crippen LogP contribution >= 0.6 is 0 Å². The van der Waals surface area contributed by atoms with Crippen LogP contribution in [0.3, 0.4) is 0 Å². The van der Waals surface area contributed by atoms with Gasteiger partial charge in [-0.2, -0.15) is 0 Å². The van der Waals surface area contributed by atoms with E-state index in [1.165, 1.54) is 25.9 Å². The second-order valence-corrected chi connectivity index (χ2v) is 7.92. The maximum absolute atomic E-state index is 10.3. The lowest BCUT2D eigenvalue weighted by Gasteiger charge is -2.43. The Labute approximate surface area is 113 Å². The monoisotopic (exact) mass is 253 g/mol. The van der Waals surface area contributed by atoms with Gasteiger partial charge in [0, 0.05) is 19.1 Å². The largest absolute Gasteiger partial charge is 0.391 e. The molecule has 0 amide bonds. The van der Waals surface area contributed by atoms with Crippen LogP contribution in [0.5, 0.6) is 0 Å². The van der Waals surface area contributed by atoms with Gasteiger partial charge in [-0.05, 0) is 42.4 Å². The van der Waals surface area contributed by atoms with Crippen LogP contribution in [0, 0.1) is 23.2 Å². The van der Waals surface area contributed by atoms with E-state index in [0.717, 1.165) is 24.2 Å². The Morgan fingerprint density at radius 2 is 1.56 bits per heavy atom. The average Bonchev–Trinajstić information content (AvgIpc) is 2.58. The zero-order valence-corrected chi connectivity index (χ0v) is 12.8. The fraction of sp³-hybridized carbons (Fsp3) is 1.00. The smallest absolute Gasteiger partial charge is 0.0695 e. The molecule has 2 nitrogen and oxygen atoms in total. The molecular weight excluding hydrogens is 222 g/mol. The number of aliphatic hydroxyl groups excluding tert-OH is 1. The summed E-state index contributed by atoms with van der Waals surface area (Å²) in [6.07, 6.45) is 3.27. The average molecular weight is 253 g/mol. The molecule has 1 aliphatic heterocycles. The molecule has 1 aliphatic carbocycles. The Morgan fingerprint density at radius 3 is 2.06 bits per heavy atom. The van der Waals surface area contributed by atoms with Crippen molar-refractivity contribution in [2.45, 2.75) is 66.0 Å². The standard InChI is InChI=1S/C16H31NO/c1-11-9-17(10-12(11)2)14-8-13(16(3,4)5)6-7-15(14)18/h11-15,18H,6-10H2,1-5H3. The third-order valence-electron chi connectivity index (χ3n) is 5.49. The Hall–Kier alpha value is -0.0800. The second kappa shape index (κ2) is 5.13. The van der Waals surface area contributed by atoms with Crippen LogP contribution in [0.4, 0.5) is 0 Å². The van der Waals surface area contributed by atoms with E-state index in [9.17, 15) is 5.11 Å². The highest BCUT2D eigenvalue weighted by Gasteiger charge is 2.40. The Morgan fingerprint density at radius 1 is 1.00 bits per heavy atom. The van der Waals surface area contributed by atoms with Crippen LogP contribution in [0.2, 0.25) is 0 Å². The maximum Gasteiger partial charge on any atom is 0.0695 e. The minimum atomic E-state index is -0.0962. The number of hydrogen-bond donors (Lipinski definition) is 1. The summed E-state index contributed by atoms with van der Waals surface area (Å²) in [5, 5.41) is 10.3. The molecule has 0 bridgehead atoms. The lowest BCUT2D eigenvalue weighted by atomic mass is 9.70. The van der Waals surface area contributed by atoms with Crippen molar-refractivity contribution in [1.29, 1.82) is 0 Å². The van der Waals surface area contributed by atoms with E-state index < -0.39 is 0 Å². The summed E-state index contributed by atoms with van der Waals surface area (Å²) in [7, 11) is 0. The molecule has 5 atom stereocenters. The number of hydrogen-bond acceptors (Lipinski definition) is 2. The first-order valence-electron chi connectivity index (χ1n) is 7.71.